The van der Waals surface area contributed by atoms with Crippen LogP contribution in [0.2, 0.25) is 0 Å². The fourth-order valence-electron chi connectivity index (χ4n) is 1.45. The van der Waals surface area contributed by atoms with Gasteiger partial charge in [-0.25, -0.2) is 0 Å². The molecule has 0 aliphatic heterocycles. The molecule has 1 aromatic rings. The predicted molar refractivity (Wildman–Crippen MR) is 70.9 cm³/mol. The number of hydrogen-bond acceptors (Lipinski definition) is 5. The number of carbonyl (C=O) groups excluding carboxylic acids is 2. The third-order valence-electron chi connectivity index (χ3n) is 2.31. The van der Waals surface area contributed by atoms with Crippen LogP contribution in [0.1, 0.15) is 40.3 Å². The van der Waals surface area contributed by atoms with Crippen LogP contribution in [-0.2, 0) is 0 Å². The van der Waals surface area contributed by atoms with Crippen LogP contribution in [0.15, 0.2) is 0 Å². The van der Waals surface area contributed by atoms with Crippen molar-refractivity contribution in [3.8, 4) is 0 Å². The van der Waals surface area contributed by atoms with Gasteiger partial charge in [0.2, 0.25) is 0 Å². The average molecular weight is 255 g/mol. The van der Waals surface area contributed by atoms with Crippen LogP contribution in [0, 0.1) is 0 Å². The molecule has 0 aliphatic rings. The molecule has 0 spiro atoms. The lowest BCUT2D eigenvalue weighted by molar-refractivity contribution is 0.0964. The van der Waals surface area contributed by atoms with Gasteiger partial charge in [0, 0.05) is 20.0 Å². The molecule has 5 nitrogen and oxygen atoms in total. The van der Waals surface area contributed by atoms with Gasteiger partial charge < -0.3 is 16.4 Å². The quantitative estimate of drug-likeness (QED) is 0.699. The van der Waals surface area contributed by atoms with Crippen molar-refractivity contribution >= 4 is 33.7 Å². The topological polar surface area (TPSA) is 84.2 Å². The fraction of sp³-hybridized carbons (Fsp3) is 0.455. The van der Waals surface area contributed by atoms with Crippen LogP contribution >= 0.6 is 11.3 Å². The van der Waals surface area contributed by atoms with Crippen LogP contribution in [0.5, 0.6) is 0 Å². The molecule has 0 fully saturated rings. The largest absolute Gasteiger partial charge is 0.397 e. The maximum absolute atomic E-state index is 11.7. The van der Waals surface area contributed by atoms with E-state index in [9.17, 15) is 9.59 Å². The number of nitrogens with two attached hydrogens (primary N) is 1. The Balaban J connectivity index is 3.29. The summed E-state index contributed by atoms with van der Waals surface area (Å²) in [6, 6.07) is 0. The van der Waals surface area contributed by atoms with Crippen molar-refractivity contribution in [3.63, 3.8) is 0 Å². The third kappa shape index (κ3) is 2.58. The SMILES string of the molecule is CCNc1sc(C(=O)CC)c(N)c1C(=O)NC. The van der Waals surface area contributed by atoms with Crippen LogP contribution in [0.4, 0.5) is 10.7 Å². The molecule has 0 bridgehead atoms. The minimum Gasteiger partial charge on any atom is -0.397 e. The monoisotopic (exact) mass is 255 g/mol. The summed E-state index contributed by atoms with van der Waals surface area (Å²) >= 11 is 1.24. The van der Waals surface area contributed by atoms with E-state index in [-0.39, 0.29) is 17.4 Å². The molecule has 1 aromatic heterocycles. The molecule has 1 heterocycles. The molecule has 17 heavy (non-hydrogen) atoms. The van der Waals surface area contributed by atoms with Gasteiger partial charge in [-0.05, 0) is 6.92 Å². The van der Waals surface area contributed by atoms with E-state index in [1.54, 1.807) is 6.92 Å². The molecular weight excluding hydrogens is 238 g/mol. The zero-order valence-corrected chi connectivity index (χ0v) is 11.0. The number of anilines is 2. The Morgan fingerprint density at radius 2 is 2.00 bits per heavy atom. The molecule has 0 aromatic carbocycles. The Bertz CT molecular complexity index is 440. The van der Waals surface area contributed by atoms with Crippen LogP contribution in [0.3, 0.4) is 0 Å². The number of thiophene rings is 1. The van der Waals surface area contributed by atoms with Gasteiger partial charge in [0.15, 0.2) is 5.78 Å². The summed E-state index contributed by atoms with van der Waals surface area (Å²) in [6.45, 7) is 4.36. The number of nitrogen functional groups attached to an aromatic ring is 1. The number of nitrogens with one attached hydrogen (secondary N) is 2. The van der Waals surface area contributed by atoms with Gasteiger partial charge >= 0.3 is 0 Å². The highest BCUT2D eigenvalue weighted by atomic mass is 32.1. The van der Waals surface area contributed by atoms with Gasteiger partial charge in [0.05, 0.1) is 16.1 Å². The smallest absolute Gasteiger partial charge is 0.256 e. The highest BCUT2D eigenvalue weighted by molar-refractivity contribution is 7.19. The Labute approximate surface area is 104 Å². The normalized spacial score (nSPS) is 10.1. The summed E-state index contributed by atoms with van der Waals surface area (Å²) in [5.74, 6) is -0.313. The van der Waals surface area contributed by atoms with Crippen molar-refractivity contribution in [1.82, 2.24) is 5.32 Å². The second-order valence-electron chi connectivity index (χ2n) is 3.44. The van der Waals surface area contributed by atoms with Crippen molar-refractivity contribution in [2.45, 2.75) is 20.3 Å². The van der Waals surface area contributed by atoms with Crippen molar-refractivity contribution in [1.29, 1.82) is 0 Å². The Kier molecular flexibility index (Phi) is 4.51. The van der Waals surface area contributed by atoms with Gasteiger partial charge in [-0.2, -0.15) is 0 Å². The Morgan fingerprint density at radius 3 is 2.47 bits per heavy atom. The number of hydrogen-bond donors (Lipinski definition) is 3. The second kappa shape index (κ2) is 5.67. The lowest BCUT2D eigenvalue weighted by Gasteiger charge is -2.04. The molecule has 4 N–H and O–H groups in total. The van der Waals surface area contributed by atoms with E-state index in [0.29, 0.717) is 28.4 Å². The molecule has 1 rings (SSSR count). The first kappa shape index (κ1) is 13.5. The van der Waals surface area contributed by atoms with E-state index < -0.39 is 0 Å². The number of carbonyl (C=O) groups is 2. The molecule has 0 saturated heterocycles. The summed E-state index contributed by atoms with van der Waals surface area (Å²) in [5, 5.41) is 6.24. The van der Waals surface area contributed by atoms with E-state index in [0.717, 1.165) is 0 Å². The molecule has 94 valence electrons. The molecule has 0 radical (unpaired) electrons. The Morgan fingerprint density at radius 1 is 1.35 bits per heavy atom. The van der Waals surface area contributed by atoms with E-state index >= 15 is 0 Å². The van der Waals surface area contributed by atoms with Crippen molar-refractivity contribution in [3.05, 3.63) is 10.4 Å². The first-order valence-electron chi connectivity index (χ1n) is 5.48. The number of Topliss-reactive ketones (excluding diaryl/α,β-unsaturated/α-hetero) is 1. The molecule has 0 atom stereocenters. The predicted octanol–water partition coefficient (Wildman–Crippen LogP) is 1.71. The summed E-state index contributed by atoms with van der Waals surface area (Å²) < 4.78 is 0. The van der Waals surface area contributed by atoms with Gasteiger partial charge in [-0.15, -0.1) is 11.3 Å². The molecule has 6 heteroatoms. The summed E-state index contributed by atoms with van der Waals surface area (Å²) in [4.78, 5) is 23.9. The van der Waals surface area contributed by atoms with Gasteiger partial charge in [-0.3, -0.25) is 9.59 Å². The Hall–Kier alpha value is -1.56. The van der Waals surface area contributed by atoms with Crippen molar-refractivity contribution in [2.75, 3.05) is 24.6 Å². The maximum Gasteiger partial charge on any atom is 0.256 e. The summed E-state index contributed by atoms with van der Waals surface area (Å²) in [6.07, 6.45) is 0.378. The third-order valence-corrected chi connectivity index (χ3v) is 3.52. The minimum atomic E-state index is -0.273. The van der Waals surface area contributed by atoms with E-state index in [2.05, 4.69) is 10.6 Å². The molecule has 0 saturated carbocycles. The molecule has 0 aliphatic carbocycles. The first-order valence-corrected chi connectivity index (χ1v) is 6.29. The second-order valence-corrected chi connectivity index (χ2v) is 4.46. The van der Waals surface area contributed by atoms with Gasteiger partial charge in [0.25, 0.3) is 5.91 Å². The molecular formula is C11H17N3O2S. The van der Waals surface area contributed by atoms with Crippen molar-refractivity contribution < 1.29 is 9.59 Å². The summed E-state index contributed by atoms with van der Waals surface area (Å²) in [5.41, 5.74) is 6.52. The standard InChI is InChI=1S/C11H17N3O2S/c1-4-6(15)9-8(12)7(10(16)13-3)11(17-9)14-5-2/h14H,4-5,12H2,1-3H3,(H,13,16). The average Bonchev–Trinajstić information content (AvgIpc) is 2.65. The van der Waals surface area contributed by atoms with Gasteiger partial charge in [0.1, 0.15) is 5.00 Å². The van der Waals surface area contributed by atoms with Gasteiger partial charge in [-0.1, -0.05) is 6.92 Å². The molecule has 1 amide bonds. The van der Waals surface area contributed by atoms with E-state index in [1.165, 1.54) is 18.4 Å². The van der Waals surface area contributed by atoms with Crippen molar-refractivity contribution in [2.24, 2.45) is 0 Å². The van der Waals surface area contributed by atoms with E-state index in [4.69, 9.17) is 5.73 Å². The number of rotatable bonds is 5. The lowest BCUT2D eigenvalue weighted by atomic mass is 10.1. The first-order chi connectivity index (χ1) is 8.06. The minimum absolute atomic E-state index is 0.0400. The van der Waals surface area contributed by atoms with Crippen LogP contribution in [0.25, 0.3) is 0 Å². The zero-order chi connectivity index (χ0) is 13.0. The highest BCUT2D eigenvalue weighted by Gasteiger charge is 2.23. The van der Waals surface area contributed by atoms with E-state index in [1.807, 2.05) is 6.92 Å². The van der Waals surface area contributed by atoms with Crippen LogP contribution < -0.4 is 16.4 Å². The lowest BCUT2D eigenvalue weighted by Crippen LogP contribution is -2.20. The highest BCUT2D eigenvalue weighted by Crippen LogP contribution is 2.36. The van der Waals surface area contributed by atoms with Crippen LogP contribution in [-0.4, -0.2) is 25.3 Å². The maximum atomic E-state index is 11.7. The molecule has 0 unspecified atom stereocenters. The number of amides is 1. The number of ketones is 1. The zero-order valence-electron chi connectivity index (χ0n) is 10.2. The summed E-state index contributed by atoms with van der Waals surface area (Å²) in [7, 11) is 1.54. The fourth-order valence-corrected chi connectivity index (χ4v) is 2.64.